The van der Waals surface area contributed by atoms with Gasteiger partial charge in [-0.25, -0.2) is 9.97 Å². The maximum Gasteiger partial charge on any atom is 0.417 e. The molecule has 0 radical (unpaired) electrons. The molecule has 1 saturated heterocycles. The normalized spacial score (nSPS) is 18.0. The van der Waals surface area contributed by atoms with Gasteiger partial charge in [-0.3, -0.25) is 0 Å². The quantitative estimate of drug-likeness (QED) is 0.862. The molecule has 130 valence electrons. The lowest BCUT2D eigenvalue weighted by Gasteiger charge is -2.40. The van der Waals surface area contributed by atoms with Gasteiger partial charge in [-0.2, -0.15) is 13.2 Å². The van der Waals surface area contributed by atoms with Crippen molar-refractivity contribution in [3.63, 3.8) is 0 Å². The first kappa shape index (κ1) is 16.8. The number of aryl methyl sites for hydroxylation is 1. The van der Waals surface area contributed by atoms with E-state index < -0.39 is 17.3 Å². The molecule has 0 aliphatic carbocycles. The molecule has 0 spiro atoms. The molecule has 0 saturated carbocycles. The number of piperidine rings is 1. The standard InChI is InChI=1S/C16H19F3N4O/c1-22-10-7-20-14(22)15(24-2)5-8-23(9-6-15)13-4-3-12(11-21-13)16(17,18)19/h3-4,7,10-11H,5-6,8-9H2,1-2H3. The molecular weight excluding hydrogens is 321 g/mol. The van der Waals surface area contributed by atoms with Crippen LogP contribution in [0.1, 0.15) is 24.2 Å². The number of imidazole rings is 1. The van der Waals surface area contributed by atoms with Crippen LogP contribution >= 0.6 is 0 Å². The number of methoxy groups -OCH3 is 1. The monoisotopic (exact) mass is 340 g/mol. The average Bonchev–Trinajstić information content (AvgIpc) is 3.01. The Morgan fingerprint density at radius 3 is 2.33 bits per heavy atom. The SMILES string of the molecule is COC1(c2nccn2C)CCN(c2ccc(C(F)(F)F)cn2)CC1. The van der Waals surface area contributed by atoms with Gasteiger partial charge in [0.25, 0.3) is 0 Å². The molecule has 2 aromatic rings. The fourth-order valence-corrected chi connectivity index (χ4v) is 3.16. The summed E-state index contributed by atoms with van der Waals surface area (Å²) in [7, 11) is 3.59. The topological polar surface area (TPSA) is 43.2 Å². The van der Waals surface area contributed by atoms with Gasteiger partial charge in [-0.1, -0.05) is 0 Å². The number of nitrogens with zero attached hydrogens (tertiary/aromatic N) is 4. The van der Waals surface area contributed by atoms with Crippen LogP contribution in [0.5, 0.6) is 0 Å². The van der Waals surface area contributed by atoms with E-state index in [0.29, 0.717) is 31.7 Å². The fraction of sp³-hybridized carbons (Fsp3) is 0.500. The summed E-state index contributed by atoms with van der Waals surface area (Å²) in [6, 6.07) is 2.49. The summed E-state index contributed by atoms with van der Waals surface area (Å²) in [6.45, 7) is 1.28. The lowest BCUT2D eigenvalue weighted by molar-refractivity contribution is -0.137. The summed E-state index contributed by atoms with van der Waals surface area (Å²) >= 11 is 0. The van der Waals surface area contributed by atoms with E-state index in [1.54, 1.807) is 13.3 Å². The molecule has 1 fully saturated rings. The number of alkyl halides is 3. The number of pyridine rings is 1. The lowest BCUT2D eigenvalue weighted by Crippen LogP contribution is -2.45. The lowest BCUT2D eigenvalue weighted by atomic mass is 9.90. The van der Waals surface area contributed by atoms with Crippen LogP contribution in [-0.2, 0) is 23.6 Å². The predicted octanol–water partition coefficient (Wildman–Crippen LogP) is 2.98. The zero-order chi connectivity index (χ0) is 17.4. The minimum atomic E-state index is -4.36. The van der Waals surface area contributed by atoms with Crippen LogP contribution in [0.3, 0.4) is 0 Å². The average molecular weight is 340 g/mol. The highest BCUT2D eigenvalue weighted by Gasteiger charge is 2.40. The first-order chi connectivity index (χ1) is 11.4. The molecule has 0 unspecified atom stereocenters. The van der Waals surface area contributed by atoms with Crippen molar-refractivity contribution in [1.82, 2.24) is 14.5 Å². The fourth-order valence-electron chi connectivity index (χ4n) is 3.16. The second-order valence-electron chi connectivity index (χ2n) is 5.95. The van der Waals surface area contributed by atoms with Crippen molar-refractivity contribution in [1.29, 1.82) is 0 Å². The van der Waals surface area contributed by atoms with Gasteiger partial charge in [-0.15, -0.1) is 0 Å². The van der Waals surface area contributed by atoms with Gasteiger partial charge in [0.15, 0.2) is 0 Å². The number of ether oxygens (including phenoxy) is 1. The number of hydrogen-bond acceptors (Lipinski definition) is 4. The zero-order valence-electron chi connectivity index (χ0n) is 13.5. The summed E-state index contributed by atoms with van der Waals surface area (Å²) in [5, 5.41) is 0. The predicted molar refractivity (Wildman–Crippen MR) is 82.6 cm³/mol. The highest BCUT2D eigenvalue weighted by Crippen LogP contribution is 2.36. The Kier molecular flexibility index (Phi) is 4.25. The van der Waals surface area contributed by atoms with Crippen LogP contribution in [0.4, 0.5) is 19.0 Å². The van der Waals surface area contributed by atoms with Gasteiger partial charge in [0, 0.05) is 58.7 Å². The first-order valence-corrected chi connectivity index (χ1v) is 7.67. The molecule has 1 aliphatic heterocycles. The molecule has 3 rings (SSSR count). The van der Waals surface area contributed by atoms with E-state index >= 15 is 0 Å². The van der Waals surface area contributed by atoms with Crippen molar-refractivity contribution in [3.05, 3.63) is 42.1 Å². The molecule has 0 amide bonds. The molecule has 0 aromatic carbocycles. The highest BCUT2D eigenvalue weighted by atomic mass is 19.4. The third-order valence-corrected chi connectivity index (χ3v) is 4.59. The van der Waals surface area contributed by atoms with Gasteiger partial charge >= 0.3 is 6.18 Å². The number of halogens is 3. The van der Waals surface area contributed by atoms with Crippen LogP contribution < -0.4 is 4.90 Å². The maximum absolute atomic E-state index is 12.6. The van der Waals surface area contributed by atoms with E-state index in [9.17, 15) is 13.2 Å². The molecule has 2 aromatic heterocycles. The number of rotatable bonds is 3. The van der Waals surface area contributed by atoms with Crippen LogP contribution in [0.25, 0.3) is 0 Å². The van der Waals surface area contributed by atoms with Gasteiger partial charge in [0.1, 0.15) is 17.2 Å². The van der Waals surface area contributed by atoms with Crippen molar-refractivity contribution in [2.75, 3.05) is 25.1 Å². The van der Waals surface area contributed by atoms with E-state index in [2.05, 4.69) is 9.97 Å². The maximum atomic E-state index is 12.6. The van der Waals surface area contributed by atoms with Gasteiger partial charge < -0.3 is 14.2 Å². The minimum Gasteiger partial charge on any atom is -0.370 e. The second-order valence-corrected chi connectivity index (χ2v) is 5.95. The van der Waals surface area contributed by atoms with Gasteiger partial charge in [0.2, 0.25) is 0 Å². The second kappa shape index (κ2) is 6.08. The molecule has 0 N–H and O–H groups in total. The van der Waals surface area contributed by atoms with E-state index in [1.807, 2.05) is 22.7 Å². The van der Waals surface area contributed by atoms with Crippen molar-refractivity contribution in [3.8, 4) is 0 Å². The van der Waals surface area contributed by atoms with Crippen molar-refractivity contribution in [2.24, 2.45) is 7.05 Å². The third kappa shape index (κ3) is 2.98. The van der Waals surface area contributed by atoms with Crippen LogP contribution in [0.2, 0.25) is 0 Å². The number of hydrogen-bond donors (Lipinski definition) is 0. The minimum absolute atomic E-state index is 0.472. The summed E-state index contributed by atoms with van der Waals surface area (Å²) < 4.78 is 45.6. The van der Waals surface area contributed by atoms with Gasteiger partial charge in [-0.05, 0) is 12.1 Å². The molecule has 8 heteroatoms. The van der Waals surface area contributed by atoms with E-state index in [1.165, 1.54) is 6.07 Å². The Bertz CT molecular complexity index is 688. The van der Waals surface area contributed by atoms with Crippen LogP contribution in [0, 0.1) is 0 Å². The van der Waals surface area contributed by atoms with E-state index in [4.69, 9.17) is 4.74 Å². The highest BCUT2D eigenvalue weighted by molar-refractivity contribution is 5.40. The van der Waals surface area contributed by atoms with Crippen LogP contribution in [0.15, 0.2) is 30.7 Å². The summed E-state index contributed by atoms with van der Waals surface area (Å²) in [5.74, 6) is 1.41. The Hall–Kier alpha value is -2.09. The molecular formula is C16H19F3N4O. The summed E-state index contributed by atoms with van der Waals surface area (Å²) in [4.78, 5) is 10.3. The molecule has 1 aliphatic rings. The summed E-state index contributed by atoms with van der Waals surface area (Å²) in [6.07, 6.45) is 1.51. The van der Waals surface area contributed by atoms with E-state index in [0.717, 1.165) is 18.1 Å². The molecule has 0 atom stereocenters. The Morgan fingerprint density at radius 1 is 1.17 bits per heavy atom. The zero-order valence-corrected chi connectivity index (χ0v) is 13.5. The molecule has 24 heavy (non-hydrogen) atoms. The number of anilines is 1. The largest absolute Gasteiger partial charge is 0.417 e. The Morgan fingerprint density at radius 2 is 1.88 bits per heavy atom. The van der Waals surface area contributed by atoms with Crippen molar-refractivity contribution in [2.45, 2.75) is 24.6 Å². The van der Waals surface area contributed by atoms with E-state index in [-0.39, 0.29) is 0 Å². The van der Waals surface area contributed by atoms with Crippen LogP contribution in [-0.4, -0.2) is 34.7 Å². The first-order valence-electron chi connectivity index (χ1n) is 7.67. The van der Waals surface area contributed by atoms with Crippen molar-refractivity contribution < 1.29 is 17.9 Å². The molecule has 0 bridgehead atoms. The smallest absolute Gasteiger partial charge is 0.370 e. The van der Waals surface area contributed by atoms with Gasteiger partial charge in [0.05, 0.1) is 5.56 Å². The van der Waals surface area contributed by atoms with Crippen molar-refractivity contribution >= 4 is 5.82 Å². The summed E-state index contributed by atoms with van der Waals surface area (Å²) in [5.41, 5.74) is -1.21. The Labute approximate surface area is 138 Å². The third-order valence-electron chi connectivity index (χ3n) is 4.59. The molecule has 3 heterocycles. The number of aromatic nitrogens is 3. The Balaban J connectivity index is 1.74. The molecule has 5 nitrogen and oxygen atoms in total.